The molecule has 0 aliphatic heterocycles. The van der Waals surface area contributed by atoms with Crippen LogP contribution in [0.2, 0.25) is 0 Å². The lowest BCUT2D eigenvalue weighted by Gasteiger charge is -2.15. The van der Waals surface area contributed by atoms with Gasteiger partial charge in [-0.25, -0.2) is 4.98 Å². The summed E-state index contributed by atoms with van der Waals surface area (Å²) in [4.78, 5) is 34.0. The highest BCUT2D eigenvalue weighted by atomic mass is 32.2. The molecule has 7 heteroatoms. The van der Waals surface area contributed by atoms with E-state index in [1.165, 1.54) is 23.1 Å². The Labute approximate surface area is 159 Å². The lowest BCUT2D eigenvalue weighted by molar-refractivity contribution is -0.142. The number of hydrogen-bond donors (Lipinski definition) is 1. The quantitative estimate of drug-likeness (QED) is 0.643. The molecule has 0 aliphatic rings. The fourth-order valence-electron chi connectivity index (χ4n) is 2.68. The van der Waals surface area contributed by atoms with Gasteiger partial charge in [0.1, 0.15) is 15.9 Å². The molecule has 5 nitrogen and oxygen atoms in total. The number of ether oxygens (including phenoxy) is 1. The lowest BCUT2D eigenvalue weighted by Crippen LogP contribution is -2.15. The van der Waals surface area contributed by atoms with Crippen LogP contribution in [0.25, 0.3) is 10.2 Å². The van der Waals surface area contributed by atoms with E-state index in [1.807, 2.05) is 44.2 Å². The summed E-state index contributed by atoms with van der Waals surface area (Å²) in [6.07, 6.45) is 0. The van der Waals surface area contributed by atoms with Gasteiger partial charge in [0.05, 0.1) is 17.7 Å². The molecule has 2 heterocycles. The van der Waals surface area contributed by atoms with E-state index in [2.05, 4.69) is 9.97 Å². The largest absolute Gasteiger partial charge is 0.465 e. The first-order valence-corrected chi connectivity index (χ1v) is 10.2. The van der Waals surface area contributed by atoms with Crippen LogP contribution in [0, 0.1) is 13.8 Å². The zero-order chi connectivity index (χ0) is 18.7. The minimum atomic E-state index is -0.455. The van der Waals surface area contributed by atoms with E-state index in [0.29, 0.717) is 23.6 Å². The molecule has 1 N–H and O–H groups in total. The number of carbonyl (C=O) groups is 1. The Bertz CT molecular complexity index is 980. The van der Waals surface area contributed by atoms with E-state index in [-0.39, 0.29) is 11.5 Å². The van der Waals surface area contributed by atoms with Gasteiger partial charge in [-0.3, -0.25) is 9.59 Å². The molecule has 0 saturated carbocycles. The number of nitrogens with zero attached hydrogens (tertiary/aromatic N) is 1. The lowest BCUT2D eigenvalue weighted by atomic mass is 10.1. The van der Waals surface area contributed by atoms with Crippen LogP contribution in [0.5, 0.6) is 0 Å². The Kier molecular flexibility index (Phi) is 5.78. The van der Waals surface area contributed by atoms with Crippen molar-refractivity contribution >= 4 is 39.3 Å². The Morgan fingerprint density at radius 1 is 1.31 bits per heavy atom. The summed E-state index contributed by atoms with van der Waals surface area (Å²) in [6, 6.07) is 9.50. The van der Waals surface area contributed by atoms with Crippen molar-refractivity contribution in [1.82, 2.24) is 9.97 Å². The first-order chi connectivity index (χ1) is 12.5. The normalized spacial score (nSPS) is 12.3. The molecule has 1 atom stereocenters. The third-order valence-electron chi connectivity index (χ3n) is 4.08. The van der Waals surface area contributed by atoms with E-state index in [1.54, 1.807) is 6.92 Å². The molecule has 2 aromatic heterocycles. The van der Waals surface area contributed by atoms with Crippen LogP contribution < -0.4 is 5.56 Å². The van der Waals surface area contributed by atoms with Crippen molar-refractivity contribution in [2.75, 3.05) is 6.61 Å². The number of carbonyl (C=O) groups excluding carboxylic acids is 1. The predicted octanol–water partition coefficient (Wildman–Crippen LogP) is 4.14. The molecular weight excluding hydrogens is 368 g/mol. The van der Waals surface area contributed by atoms with Gasteiger partial charge < -0.3 is 9.72 Å². The standard InChI is InChI=1S/C19H20N2O3S2/c1-4-24-19(23)16(13-8-6-5-7-9-13)25-10-14-20-17(22)15-11(2)12(3)26-18(15)21-14/h5-9,16H,4,10H2,1-3H3,(H,20,21,22)/t16-/m0/s1. The van der Waals surface area contributed by atoms with Gasteiger partial charge >= 0.3 is 5.97 Å². The molecule has 0 spiro atoms. The molecule has 0 radical (unpaired) electrons. The SMILES string of the molecule is CCOC(=O)[C@@H](SCc1nc2sc(C)c(C)c2c(=O)[nH]1)c1ccccc1. The zero-order valence-corrected chi connectivity index (χ0v) is 16.5. The van der Waals surface area contributed by atoms with Crippen LogP contribution in [0.1, 0.15) is 34.0 Å². The number of rotatable bonds is 6. The molecule has 1 aromatic carbocycles. The first kappa shape index (κ1) is 18.7. The minimum absolute atomic E-state index is 0.125. The maximum atomic E-state index is 12.4. The van der Waals surface area contributed by atoms with Gasteiger partial charge in [0.2, 0.25) is 0 Å². The first-order valence-electron chi connectivity index (χ1n) is 8.33. The second kappa shape index (κ2) is 8.05. The highest BCUT2D eigenvalue weighted by Gasteiger charge is 2.23. The Hall–Kier alpha value is -2.12. The maximum absolute atomic E-state index is 12.4. The van der Waals surface area contributed by atoms with Gasteiger partial charge in [-0.05, 0) is 31.9 Å². The third kappa shape index (κ3) is 3.83. The molecule has 0 aliphatic carbocycles. The zero-order valence-electron chi connectivity index (χ0n) is 14.9. The van der Waals surface area contributed by atoms with Crippen LogP contribution in [-0.2, 0) is 15.3 Å². The van der Waals surface area contributed by atoms with Gasteiger partial charge in [0.25, 0.3) is 5.56 Å². The van der Waals surface area contributed by atoms with E-state index in [9.17, 15) is 9.59 Å². The van der Waals surface area contributed by atoms with Gasteiger partial charge in [0.15, 0.2) is 0 Å². The molecule has 0 unspecified atom stereocenters. The second-order valence-electron chi connectivity index (χ2n) is 5.83. The monoisotopic (exact) mass is 388 g/mol. The van der Waals surface area contributed by atoms with Crippen LogP contribution in [0.3, 0.4) is 0 Å². The van der Waals surface area contributed by atoms with Gasteiger partial charge in [0, 0.05) is 4.88 Å². The van der Waals surface area contributed by atoms with Crippen molar-refractivity contribution < 1.29 is 9.53 Å². The number of hydrogen-bond acceptors (Lipinski definition) is 6. The number of fused-ring (bicyclic) bond motifs is 1. The average Bonchev–Trinajstić information content (AvgIpc) is 2.91. The fraction of sp³-hybridized carbons (Fsp3) is 0.316. The molecule has 0 bridgehead atoms. The summed E-state index contributed by atoms with van der Waals surface area (Å²) in [7, 11) is 0. The Morgan fingerprint density at radius 2 is 2.04 bits per heavy atom. The van der Waals surface area contributed by atoms with Crippen molar-refractivity contribution in [3.63, 3.8) is 0 Å². The van der Waals surface area contributed by atoms with E-state index in [4.69, 9.17) is 4.74 Å². The number of esters is 1. The van der Waals surface area contributed by atoms with Crippen molar-refractivity contribution in [3.8, 4) is 0 Å². The Balaban J connectivity index is 1.86. The van der Waals surface area contributed by atoms with Crippen molar-refractivity contribution in [3.05, 3.63) is 62.5 Å². The number of thioether (sulfide) groups is 1. The highest BCUT2D eigenvalue weighted by Crippen LogP contribution is 2.33. The topological polar surface area (TPSA) is 72.0 Å². The molecule has 0 amide bonds. The summed E-state index contributed by atoms with van der Waals surface area (Å²) in [5, 5.41) is 0.204. The molecule has 3 rings (SSSR count). The second-order valence-corrected chi connectivity index (χ2v) is 8.13. The number of H-pyrrole nitrogens is 1. The van der Waals surface area contributed by atoms with Crippen LogP contribution in [-0.4, -0.2) is 22.5 Å². The summed E-state index contributed by atoms with van der Waals surface area (Å²) in [6.45, 7) is 6.05. The van der Waals surface area contributed by atoms with Crippen LogP contribution >= 0.6 is 23.1 Å². The summed E-state index contributed by atoms with van der Waals surface area (Å²) >= 11 is 2.92. The number of aryl methyl sites for hydroxylation is 2. The van der Waals surface area contributed by atoms with Gasteiger partial charge in [-0.2, -0.15) is 0 Å². The van der Waals surface area contributed by atoms with E-state index < -0.39 is 5.25 Å². The summed E-state index contributed by atoms with van der Waals surface area (Å²) in [5.41, 5.74) is 1.73. The number of thiophene rings is 1. The van der Waals surface area contributed by atoms with E-state index >= 15 is 0 Å². The number of aromatic nitrogens is 2. The molecule has 0 saturated heterocycles. The predicted molar refractivity (Wildman–Crippen MR) is 107 cm³/mol. The van der Waals surface area contributed by atoms with Crippen molar-refractivity contribution in [2.24, 2.45) is 0 Å². The number of nitrogens with one attached hydrogen (secondary N) is 1. The van der Waals surface area contributed by atoms with Crippen LogP contribution in [0.15, 0.2) is 35.1 Å². The molecule has 26 heavy (non-hydrogen) atoms. The van der Waals surface area contributed by atoms with Crippen LogP contribution in [0.4, 0.5) is 0 Å². The van der Waals surface area contributed by atoms with Gasteiger partial charge in [-0.1, -0.05) is 30.3 Å². The number of benzene rings is 1. The summed E-state index contributed by atoms with van der Waals surface area (Å²) < 4.78 is 5.21. The summed E-state index contributed by atoms with van der Waals surface area (Å²) in [5.74, 6) is 0.702. The third-order valence-corrected chi connectivity index (χ3v) is 6.42. The minimum Gasteiger partial charge on any atom is -0.465 e. The average molecular weight is 389 g/mol. The molecule has 3 aromatic rings. The highest BCUT2D eigenvalue weighted by molar-refractivity contribution is 7.99. The Morgan fingerprint density at radius 3 is 2.73 bits per heavy atom. The van der Waals surface area contributed by atoms with Crippen molar-refractivity contribution in [2.45, 2.75) is 31.8 Å². The fourth-order valence-corrected chi connectivity index (χ4v) is 4.74. The van der Waals surface area contributed by atoms with E-state index in [0.717, 1.165) is 20.8 Å². The van der Waals surface area contributed by atoms with Gasteiger partial charge in [-0.15, -0.1) is 23.1 Å². The maximum Gasteiger partial charge on any atom is 0.323 e. The molecule has 136 valence electrons. The van der Waals surface area contributed by atoms with Crippen molar-refractivity contribution in [1.29, 1.82) is 0 Å². The molecule has 0 fully saturated rings. The smallest absolute Gasteiger partial charge is 0.323 e. The number of aromatic amines is 1. The molecular formula is C19H20N2O3S2.